The second-order valence-corrected chi connectivity index (χ2v) is 14.0. The second-order valence-electron chi connectivity index (χ2n) is 14.0. The van der Waals surface area contributed by atoms with Gasteiger partial charge in [-0.25, -0.2) is 0 Å². The van der Waals surface area contributed by atoms with Crippen LogP contribution in [0.3, 0.4) is 0 Å². The van der Waals surface area contributed by atoms with Crippen LogP contribution < -0.4 is 0 Å². The van der Waals surface area contributed by atoms with Crippen molar-refractivity contribution in [2.45, 2.75) is 218 Å². The van der Waals surface area contributed by atoms with Crippen LogP contribution in [0.2, 0.25) is 0 Å². The maximum atomic E-state index is 11.4. The third kappa shape index (κ3) is 18.9. The molecule has 0 aromatic heterocycles. The van der Waals surface area contributed by atoms with Crippen LogP contribution in [0, 0.1) is 10.1 Å². The summed E-state index contributed by atoms with van der Waals surface area (Å²) in [5, 5.41) is 11.4. The van der Waals surface area contributed by atoms with E-state index in [-0.39, 0.29) is 4.92 Å². The summed E-state index contributed by atoms with van der Waals surface area (Å²) in [5.41, 5.74) is 2.63. The average Bonchev–Trinajstić information content (AvgIpc) is 3.02. The van der Waals surface area contributed by atoms with Crippen molar-refractivity contribution in [3.63, 3.8) is 0 Å². The van der Waals surface area contributed by atoms with Gasteiger partial charge in [-0.15, -0.1) is 0 Å². The number of rotatable bonds is 30. The van der Waals surface area contributed by atoms with E-state index in [4.69, 9.17) is 0 Å². The molecule has 0 aliphatic heterocycles. The average molecular weight is 598 g/mol. The van der Waals surface area contributed by atoms with Gasteiger partial charge in [0.25, 0.3) is 5.69 Å². The number of nitro benzene ring substituents is 1. The Labute approximate surface area is 267 Å². The number of benzene rings is 1. The maximum absolute atomic E-state index is 11.4. The third-order valence-corrected chi connectivity index (χ3v) is 10.2. The van der Waals surface area contributed by atoms with Crippen molar-refractivity contribution < 1.29 is 4.92 Å². The molecule has 0 saturated heterocycles. The van der Waals surface area contributed by atoms with Crippen molar-refractivity contribution in [3.05, 3.63) is 39.4 Å². The predicted octanol–water partition coefficient (Wildman–Crippen LogP) is 14.3. The predicted molar refractivity (Wildman–Crippen MR) is 188 cm³/mol. The Hall–Kier alpha value is -1.38. The summed E-state index contributed by atoms with van der Waals surface area (Å²) in [4.78, 5) is 11.2. The summed E-state index contributed by atoms with van der Waals surface area (Å²) in [7, 11) is 0. The lowest BCUT2D eigenvalue weighted by Crippen LogP contribution is -2.12. The van der Waals surface area contributed by atoms with Gasteiger partial charge in [0.1, 0.15) is 0 Å². The molecule has 0 bridgehead atoms. The summed E-state index contributed by atoms with van der Waals surface area (Å²) in [6, 6.07) is 5.72. The summed E-state index contributed by atoms with van der Waals surface area (Å²) >= 11 is 0. The van der Waals surface area contributed by atoms with Crippen molar-refractivity contribution in [1.29, 1.82) is 0 Å². The van der Waals surface area contributed by atoms with E-state index in [1.807, 2.05) is 6.07 Å². The maximum Gasteiger partial charge on any atom is 0.272 e. The zero-order valence-corrected chi connectivity index (χ0v) is 28.7. The van der Waals surface area contributed by atoms with Gasteiger partial charge in [0, 0.05) is 11.6 Å². The van der Waals surface area contributed by atoms with Crippen molar-refractivity contribution >= 4 is 5.69 Å². The Morgan fingerprint density at radius 1 is 0.581 bits per heavy atom. The molecule has 1 unspecified atom stereocenters. The fourth-order valence-electron chi connectivity index (χ4n) is 7.46. The Morgan fingerprint density at radius 2 is 0.953 bits per heavy atom. The number of nitrogens with zero attached hydrogens (tertiary/aromatic N) is 1. The highest BCUT2D eigenvalue weighted by molar-refractivity contribution is 5.48. The summed E-state index contributed by atoms with van der Waals surface area (Å²) < 4.78 is 0. The van der Waals surface area contributed by atoms with E-state index >= 15 is 0 Å². The largest absolute Gasteiger partial charge is 0.272 e. The SMILES string of the molecule is CCCCCCCCCCCCCCCCCCCCCCCCCCCCCCC1CCCc2c1cccc2[N+](=O)[O-]. The van der Waals surface area contributed by atoms with Crippen LogP contribution in [0.25, 0.3) is 0 Å². The number of nitro groups is 1. The Kier molecular flexibility index (Phi) is 23.7. The number of unbranched alkanes of at least 4 members (excludes halogenated alkanes) is 27. The van der Waals surface area contributed by atoms with Crippen LogP contribution in [0.1, 0.15) is 223 Å². The first-order valence-corrected chi connectivity index (χ1v) is 19.5. The van der Waals surface area contributed by atoms with Gasteiger partial charge in [-0.3, -0.25) is 10.1 Å². The summed E-state index contributed by atoms with van der Waals surface area (Å²) in [6.45, 7) is 2.30. The van der Waals surface area contributed by atoms with Crippen LogP contribution in [0.4, 0.5) is 5.69 Å². The molecule has 1 aromatic rings. The molecular formula is C40H71NO2. The lowest BCUT2D eigenvalue weighted by Gasteiger charge is -2.25. The van der Waals surface area contributed by atoms with Gasteiger partial charge in [-0.05, 0) is 37.2 Å². The molecule has 1 aliphatic carbocycles. The Bertz CT molecular complexity index is 791. The molecule has 1 aliphatic rings. The molecule has 3 heteroatoms. The van der Waals surface area contributed by atoms with Gasteiger partial charge in [0.05, 0.1) is 4.92 Å². The lowest BCUT2D eigenvalue weighted by molar-refractivity contribution is -0.385. The van der Waals surface area contributed by atoms with E-state index in [0.29, 0.717) is 11.6 Å². The van der Waals surface area contributed by atoms with Crippen molar-refractivity contribution in [2.24, 2.45) is 0 Å². The molecule has 0 heterocycles. The molecule has 0 radical (unpaired) electrons. The van der Waals surface area contributed by atoms with Crippen LogP contribution in [0.15, 0.2) is 18.2 Å². The minimum Gasteiger partial charge on any atom is -0.258 e. The highest BCUT2D eigenvalue weighted by Crippen LogP contribution is 2.39. The molecule has 2 rings (SSSR count). The zero-order valence-electron chi connectivity index (χ0n) is 28.7. The van der Waals surface area contributed by atoms with E-state index in [9.17, 15) is 10.1 Å². The Balaban J connectivity index is 1.25. The fraction of sp³-hybridized carbons (Fsp3) is 0.850. The molecule has 0 saturated carbocycles. The quantitative estimate of drug-likeness (QED) is 0.0503. The van der Waals surface area contributed by atoms with E-state index < -0.39 is 0 Å². The van der Waals surface area contributed by atoms with Gasteiger partial charge in [-0.1, -0.05) is 199 Å². The van der Waals surface area contributed by atoms with Gasteiger partial charge in [0.2, 0.25) is 0 Å². The van der Waals surface area contributed by atoms with E-state index in [2.05, 4.69) is 13.0 Å². The van der Waals surface area contributed by atoms with Crippen LogP contribution in [0.5, 0.6) is 0 Å². The second kappa shape index (κ2) is 27.0. The van der Waals surface area contributed by atoms with Crippen LogP contribution >= 0.6 is 0 Å². The first kappa shape index (κ1) is 37.8. The van der Waals surface area contributed by atoms with Crippen molar-refractivity contribution in [3.8, 4) is 0 Å². The number of hydrogen-bond acceptors (Lipinski definition) is 2. The molecule has 43 heavy (non-hydrogen) atoms. The van der Waals surface area contributed by atoms with Crippen LogP contribution in [-0.2, 0) is 6.42 Å². The first-order chi connectivity index (χ1) is 21.2. The molecule has 0 fully saturated rings. The Morgan fingerprint density at radius 3 is 1.33 bits per heavy atom. The highest BCUT2D eigenvalue weighted by Gasteiger charge is 2.25. The van der Waals surface area contributed by atoms with Gasteiger partial charge < -0.3 is 0 Å². The van der Waals surface area contributed by atoms with Gasteiger partial charge in [0.15, 0.2) is 0 Å². The van der Waals surface area contributed by atoms with Gasteiger partial charge in [-0.2, -0.15) is 0 Å². The first-order valence-electron chi connectivity index (χ1n) is 19.5. The topological polar surface area (TPSA) is 43.1 Å². The summed E-state index contributed by atoms with van der Waals surface area (Å²) in [6.07, 6.45) is 44.6. The number of fused-ring (bicyclic) bond motifs is 1. The number of hydrogen-bond donors (Lipinski definition) is 0. The van der Waals surface area contributed by atoms with E-state index in [1.165, 1.54) is 198 Å². The molecule has 1 aromatic carbocycles. The third-order valence-electron chi connectivity index (χ3n) is 10.2. The molecule has 248 valence electrons. The van der Waals surface area contributed by atoms with Crippen molar-refractivity contribution in [2.75, 3.05) is 0 Å². The minimum atomic E-state index is -0.191. The molecular weight excluding hydrogens is 526 g/mol. The van der Waals surface area contributed by atoms with Crippen LogP contribution in [-0.4, -0.2) is 4.92 Å². The smallest absolute Gasteiger partial charge is 0.258 e. The summed E-state index contributed by atoms with van der Waals surface area (Å²) in [5.74, 6) is 0.535. The normalized spacial score (nSPS) is 14.7. The zero-order chi connectivity index (χ0) is 30.6. The lowest BCUT2D eigenvalue weighted by atomic mass is 9.79. The molecule has 0 amide bonds. The highest BCUT2D eigenvalue weighted by atomic mass is 16.6. The molecule has 1 atom stereocenters. The fourth-order valence-corrected chi connectivity index (χ4v) is 7.46. The molecule has 0 N–H and O–H groups in total. The monoisotopic (exact) mass is 598 g/mol. The van der Waals surface area contributed by atoms with E-state index in [0.717, 1.165) is 18.4 Å². The van der Waals surface area contributed by atoms with Gasteiger partial charge >= 0.3 is 0 Å². The van der Waals surface area contributed by atoms with Crippen molar-refractivity contribution in [1.82, 2.24) is 0 Å². The minimum absolute atomic E-state index is 0.191. The molecule has 3 nitrogen and oxygen atoms in total. The molecule has 0 spiro atoms. The van der Waals surface area contributed by atoms with E-state index in [1.54, 1.807) is 6.07 Å². The standard InChI is InChI=1S/C40H71NO2/c1-2-3-4-5-6-7-8-9-10-11-12-13-14-15-16-17-18-19-20-21-22-23-24-25-26-27-28-29-32-37-33-30-35-39-38(37)34-31-36-40(39)41(42)43/h31,34,36-37H,2-30,32-33,35H2,1H3.